The van der Waals surface area contributed by atoms with Gasteiger partial charge in [-0.15, -0.1) is 0 Å². The minimum atomic E-state index is -0.413. The second-order valence-electron chi connectivity index (χ2n) is 4.04. The Bertz CT molecular complexity index is 643. The molecule has 0 fully saturated rings. The zero-order valence-electron chi connectivity index (χ0n) is 10.0. The van der Waals surface area contributed by atoms with Gasteiger partial charge in [0.05, 0.1) is 4.47 Å². The summed E-state index contributed by atoms with van der Waals surface area (Å²) in [6.07, 6.45) is 0. The Kier molecular flexibility index (Phi) is 4.37. The average molecular weight is 387 g/mol. The van der Waals surface area contributed by atoms with Gasteiger partial charge in [0.1, 0.15) is 5.82 Å². The van der Waals surface area contributed by atoms with Crippen molar-refractivity contribution in [2.24, 2.45) is 0 Å². The first-order valence-corrected chi connectivity index (χ1v) is 7.08. The molecular formula is C14H10Br2FNO. The minimum absolute atomic E-state index is 0.263. The monoisotopic (exact) mass is 385 g/mol. The largest absolute Gasteiger partial charge is 0.322 e. The topological polar surface area (TPSA) is 29.1 Å². The summed E-state index contributed by atoms with van der Waals surface area (Å²) in [6.45, 7) is 1.85. The Morgan fingerprint density at radius 2 is 1.89 bits per heavy atom. The Labute approximate surface area is 127 Å². The van der Waals surface area contributed by atoms with Crippen molar-refractivity contribution in [2.45, 2.75) is 6.92 Å². The molecule has 0 spiro atoms. The van der Waals surface area contributed by atoms with E-state index in [1.54, 1.807) is 18.2 Å². The van der Waals surface area contributed by atoms with Crippen molar-refractivity contribution in [3.05, 3.63) is 62.3 Å². The van der Waals surface area contributed by atoms with E-state index in [2.05, 4.69) is 37.2 Å². The van der Waals surface area contributed by atoms with Gasteiger partial charge in [-0.2, -0.15) is 0 Å². The zero-order chi connectivity index (χ0) is 14.0. The average Bonchev–Trinajstić information content (AvgIpc) is 2.36. The van der Waals surface area contributed by atoms with Crippen LogP contribution >= 0.6 is 31.9 Å². The lowest BCUT2D eigenvalue weighted by molar-refractivity contribution is 0.102. The summed E-state index contributed by atoms with van der Waals surface area (Å²) >= 11 is 6.39. The molecule has 0 atom stereocenters. The highest BCUT2D eigenvalue weighted by Crippen LogP contribution is 2.21. The van der Waals surface area contributed by atoms with E-state index in [-0.39, 0.29) is 5.91 Å². The van der Waals surface area contributed by atoms with Gasteiger partial charge in [-0.1, -0.05) is 22.0 Å². The number of anilines is 1. The van der Waals surface area contributed by atoms with Crippen LogP contribution in [0.4, 0.5) is 10.1 Å². The van der Waals surface area contributed by atoms with Crippen LogP contribution in [-0.4, -0.2) is 5.91 Å². The van der Waals surface area contributed by atoms with Gasteiger partial charge in [-0.3, -0.25) is 4.79 Å². The fraction of sp³-hybridized carbons (Fsp3) is 0.0714. The molecule has 0 saturated carbocycles. The van der Waals surface area contributed by atoms with E-state index in [1.807, 2.05) is 19.1 Å². The standard InChI is InChI=1S/C14H10Br2FNO/c1-8-2-3-9(15)6-11(8)14(19)18-10-4-5-12(16)13(17)7-10/h2-7H,1H3,(H,18,19). The van der Waals surface area contributed by atoms with E-state index >= 15 is 0 Å². The van der Waals surface area contributed by atoms with E-state index < -0.39 is 5.82 Å². The molecule has 0 bridgehead atoms. The van der Waals surface area contributed by atoms with Crippen molar-refractivity contribution in [3.63, 3.8) is 0 Å². The third-order valence-corrected chi connectivity index (χ3v) is 3.76. The van der Waals surface area contributed by atoms with Crippen LogP contribution in [0.25, 0.3) is 0 Å². The number of hydrogen-bond acceptors (Lipinski definition) is 1. The summed E-state index contributed by atoms with van der Waals surface area (Å²) in [7, 11) is 0. The quantitative estimate of drug-likeness (QED) is 0.780. The van der Waals surface area contributed by atoms with Gasteiger partial charge in [-0.05, 0) is 58.7 Å². The van der Waals surface area contributed by atoms with Crippen LogP contribution in [0, 0.1) is 12.7 Å². The fourth-order valence-electron chi connectivity index (χ4n) is 1.61. The molecule has 0 heterocycles. The molecule has 2 rings (SSSR count). The highest BCUT2D eigenvalue weighted by atomic mass is 79.9. The van der Waals surface area contributed by atoms with Crippen molar-refractivity contribution >= 4 is 43.5 Å². The number of aryl methyl sites for hydroxylation is 1. The van der Waals surface area contributed by atoms with Crippen molar-refractivity contribution in [1.82, 2.24) is 0 Å². The van der Waals surface area contributed by atoms with E-state index in [1.165, 1.54) is 6.07 Å². The van der Waals surface area contributed by atoms with Crippen LogP contribution in [0.2, 0.25) is 0 Å². The Hall–Kier alpha value is -1.20. The van der Waals surface area contributed by atoms with Crippen molar-refractivity contribution in [3.8, 4) is 0 Å². The lowest BCUT2D eigenvalue weighted by Crippen LogP contribution is -2.13. The molecule has 0 aromatic heterocycles. The molecule has 0 aliphatic heterocycles. The molecule has 2 nitrogen and oxygen atoms in total. The van der Waals surface area contributed by atoms with Gasteiger partial charge in [0, 0.05) is 15.7 Å². The molecule has 5 heteroatoms. The maximum absolute atomic E-state index is 13.4. The summed E-state index contributed by atoms with van der Waals surface area (Å²) in [6, 6.07) is 9.92. The van der Waals surface area contributed by atoms with Gasteiger partial charge in [0.25, 0.3) is 5.91 Å². The van der Waals surface area contributed by atoms with Crippen LogP contribution in [0.5, 0.6) is 0 Å². The first-order valence-electron chi connectivity index (χ1n) is 5.50. The van der Waals surface area contributed by atoms with Crippen molar-refractivity contribution in [2.75, 3.05) is 5.32 Å². The molecule has 2 aromatic rings. The van der Waals surface area contributed by atoms with Gasteiger partial charge in [-0.25, -0.2) is 4.39 Å². The normalized spacial score (nSPS) is 10.3. The molecular weight excluding hydrogens is 377 g/mol. The highest BCUT2D eigenvalue weighted by Gasteiger charge is 2.10. The van der Waals surface area contributed by atoms with E-state index in [0.717, 1.165) is 10.0 Å². The van der Waals surface area contributed by atoms with Gasteiger partial charge < -0.3 is 5.32 Å². The maximum atomic E-state index is 13.4. The number of nitrogens with one attached hydrogen (secondary N) is 1. The van der Waals surface area contributed by atoms with E-state index in [9.17, 15) is 9.18 Å². The molecule has 1 amide bonds. The molecule has 98 valence electrons. The Balaban J connectivity index is 2.25. The number of benzene rings is 2. The number of amides is 1. The second kappa shape index (κ2) is 5.84. The number of rotatable bonds is 2. The SMILES string of the molecule is Cc1ccc(Br)cc1C(=O)Nc1ccc(Br)c(F)c1. The molecule has 0 aliphatic carbocycles. The summed E-state index contributed by atoms with van der Waals surface area (Å²) in [5, 5.41) is 2.67. The molecule has 0 radical (unpaired) electrons. The lowest BCUT2D eigenvalue weighted by atomic mass is 10.1. The maximum Gasteiger partial charge on any atom is 0.255 e. The lowest BCUT2D eigenvalue weighted by Gasteiger charge is -2.08. The molecule has 0 aliphatic rings. The number of carbonyl (C=O) groups excluding carboxylic acids is 1. The summed E-state index contributed by atoms with van der Waals surface area (Å²) in [5.74, 6) is -0.677. The predicted molar refractivity (Wildman–Crippen MR) is 80.9 cm³/mol. The third-order valence-electron chi connectivity index (χ3n) is 2.62. The second-order valence-corrected chi connectivity index (χ2v) is 5.81. The minimum Gasteiger partial charge on any atom is -0.322 e. The van der Waals surface area contributed by atoms with Crippen molar-refractivity contribution < 1.29 is 9.18 Å². The van der Waals surface area contributed by atoms with Crippen LogP contribution < -0.4 is 5.32 Å². The molecule has 1 N–H and O–H groups in total. The fourth-order valence-corrected chi connectivity index (χ4v) is 2.22. The first kappa shape index (κ1) is 14.2. The summed E-state index contributed by atoms with van der Waals surface area (Å²) < 4.78 is 14.6. The van der Waals surface area contributed by atoms with Gasteiger partial charge in [0.2, 0.25) is 0 Å². The van der Waals surface area contributed by atoms with E-state index in [0.29, 0.717) is 15.7 Å². The molecule has 2 aromatic carbocycles. The van der Waals surface area contributed by atoms with Gasteiger partial charge >= 0.3 is 0 Å². The highest BCUT2D eigenvalue weighted by molar-refractivity contribution is 9.10. The van der Waals surface area contributed by atoms with Crippen LogP contribution in [0.1, 0.15) is 15.9 Å². The van der Waals surface area contributed by atoms with Crippen LogP contribution in [0.3, 0.4) is 0 Å². The summed E-state index contributed by atoms with van der Waals surface area (Å²) in [4.78, 5) is 12.1. The molecule has 0 saturated heterocycles. The van der Waals surface area contributed by atoms with Gasteiger partial charge in [0.15, 0.2) is 0 Å². The van der Waals surface area contributed by atoms with E-state index in [4.69, 9.17) is 0 Å². The number of carbonyl (C=O) groups is 1. The number of halogens is 3. The Morgan fingerprint density at radius 1 is 1.16 bits per heavy atom. The van der Waals surface area contributed by atoms with Crippen molar-refractivity contribution in [1.29, 1.82) is 0 Å². The predicted octanol–water partition coefficient (Wildman–Crippen LogP) is 4.91. The first-order chi connectivity index (χ1) is 8.97. The third kappa shape index (κ3) is 3.42. The summed E-state index contributed by atoms with van der Waals surface area (Å²) in [5.41, 5.74) is 1.83. The Morgan fingerprint density at radius 3 is 2.58 bits per heavy atom. The zero-order valence-corrected chi connectivity index (χ0v) is 13.2. The van der Waals surface area contributed by atoms with Crippen LogP contribution in [-0.2, 0) is 0 Å². The molecule has 0 unspecified atom stereocenters. The molecule has 19 heavy (non-hydrogen) atoms. The number of hydrogen-bond donors (Lipinski definition) is 1. The van der Waals surface area contributed by atoms with Crippen LogP contribution in [0.15, 0.2) is 45.3 Å². The smallest absolute Gasteiger partial charge is 0.255 e.